The van der Waals surface area contributed by atoms with Crippen LogP contribution in [0.15, 0.2) is 30.6 Å². The first kappa shape index (κ1) is 12.2. The average molecular weight is 258 g/mol. The lowest BCUT2D eigenvalue weighted by atomic mass is 10.1. The molecule has 0 amide bonds. The van der Waals surface area contributed by atoms with Gasteiger partial charge >= 0.3 is 0 Å². The Morgan fingerprint density at radius 1 is 1.47 bits per heavy atom. The van der Waals surface area contributed by atoms with Crippen molar-refractivity contribution in [3.63, 3.8) is 0 Å². The van der Waals surface area contributed by atoms with Crippen molar-refractivity contribution in [1.29, 1.82) is 0 Å². The van der Waals surface area contributed by atoms with E-state index in [9.17, 15) is 5.11 Å². The lowest BCUT2D eigenvalue weighted by Crippen LogP contribution is -2.01. The van der Waals surface area contributed by atoms with Gasteiger partial charge in [0.25, 0.3) is 0 Å². The number of hydrogen-bond acceptors (Lipinski definition) is 3. The maximum Gasteiger partial charge on any atom is 0.119 e. The minimum Gasteiger partial charge on any atom is -0.493 e. The Bertz CT molecular complexity index is 577. The molecule has 0 saturated heterocycles. The second-order valence-corrected chi connectivity index (χ2v) is 5.04. The first-order valence-electron chi connectivity index (χ1n) is 6.63. The summed E-state index contributed by atoms with van der Waals surface area (Å²) >= 11 is 0. The number of nitrogens with zero attached hydrogens (tertiary/aromatic N) is 2. The minimum absolute atomic E-state index is 0.292. The highest BCUT2D eigenvalue weighted by molar-refractivity contribution is 5.39. The van der Waals surface area contributed by atoms with Crippen LogP contribution in [0.4, 0.5) is 0 Å². The summed E-state index contributed by atoms with van der Waals surface area (Å²) in [6.07, 6.45) is 6.20. The molecular formula is C15H18N2O2. The van der Waals surface area contributed by atoms with Crippen molar-refractivity contribution in [2.75, 3.05) is 6.61 Å². The molecule has 19 heavy (non-hydrogen) atoms. The second kappa shape index (κ2) is 5.05. The van der Waals surface area contributed by atoms with Crippen molar-refractivity contribution in [2.45, 2.75) is 25.4 Å². The smallest absolute Gasteiger partial charge is 0.119 e. The van der Waals surface area contributed by atoms with Gasteiger partial charge in [-0.15, -0.1) is 0 Å². The van der Waals surface area contributed by atoms with Crippen LogP contribution in [0.1, 0.15) is 29.2 Å². The minimum atomic E-state index is -0.292. The fourth-order valence-electron chi connectivity index (χ4n) is 2.55. The van der Waals surface area contributed by atoms with Crippen molar-refractivity contribution in [3.8, 4) is 5.75 Å². The molecule has 100 valence electrons. The first-order valence-corrected chi connectivity index (χ1v) is 6.63. The van der Waals surface area contributed by atoms with Gasteiger partial charge in [-0.1, -0.05) is 6.07 Å². The zero-order chi connectivity index (χ0) is 13.2. The molecule has 0 fully saturated rings. The second-order valence-electron chi connectivity index (χ2n) is 5.04. The van der Waals surface area contributed by atoms with Crippen LogP contribution in [0.3, 0.4) is 0 Å². The van der Waals surface area contributed by atoms with Crippen molar-refractivity contribution in [2.24, 2.45) is 7.05 Å². The topological polar surface area (TPSA) is 47.3 Å². The van der Waals surface area contributed by atoms with E-state index in [2.05, 4.69) is 11.2 Å². The molecule has 1 aromatic heterocycles. The summed E-state index contributed by atoms with van der Waals surface area (Å²) in [7, 11) is 1.91. The number of rotatable bonds is 4. The van der Waals surface area contributed by atoms with Gasteiger partial charge in [-0.3, -0.25) is 4.68 Å². The maximum atomic E-state index is 9.75. The molecule has 1 heterocycles. The van der Waals surface area contributed by atoms with Crippen LogP contribution in [0.5, 0.6) is 5.75 Å². The van der Waals surface area contributed by atoms with Gasteiger partial charge in [0.05, 0.1) is 18.9 Å². The summed E-state index contributed by atoms with van der Waals surface area (Å²) in [5.74, 6) is 0.886. The number of aliphatic hydroxyl groups excluding tert-OH is 1. The largest absolute Gasteiger partial charge is 0.493 e. The normalized spacial score (nSPS) is 17.5. The van der Waals surface area contributed by atoms with E-state index < -0.39 is 0 Å². The van der Waals surface area contributed by atoms with Crippen molar-refractivity contribution >= 4 is 0 Å². The Balaban J connectivity index is 1.59. The number of aromatic nitrogens is 2. The molecule has 4 heteroatoms. The summed E-state index contributed by atoms with van der Waals surface area (Å²) < 4.78 is 7.56. The quantitative estimate of drug-likeness (QED) is 0.912. The van der Waals surface area contributed by atoms with Crippen LogP contribution in [-0.2, 0) is 19.9 Å². The Labute approximate surface area is 112 Å². The molecule has 0 bridgehead atoms. The van der Waals surface area contributed by atoms with Crippen LogP contribution < -0.4 is 4.74 Å². The molecule has 2 aromatic rings. The number of hydrogen-bond donors (Lipinski definition) is 1. The van der Waals surface area contributed by atoms with Crippen molar-refractivity contribution in [3.05, 3.63) is 47.3 Å². The number of fused-ring (bicyclic) bond motifs is 1. The summed E-state index contributed by atoms with van der Waals surface area (Å²) in [4.78, 5) is 0. The molecule has 0 saturated carbocycles. The monoisotopic (exact) mass is 258 g/mol. The molecule has 0 spiro atoms. The van der Waals surface area contributed by atoms with Gasteiger partial charge in [-0.25, -0.2) is 0 Å². The standard InChI is InChI=1S/C15H18N2O2/c1-17-10-11(9-16-17)6-7-19-13-3-4-14-12(8-13)2-5-15(14)18/h3-4,8-10,15,18H,2,5-7H2,1H3. The van der Waals surface area contributed by atoms with Crippen molar-refractivity contribution in [1.82, 2.24) is 9.78 Å². The Hall–Kier alpha value is -1.81. The SMILES string of the molecule is Cn1cc(CCOc2ccc3c(c2)CCC3O)cn1. The summed E-state index contributed by atoms with van der Waals surface area (Å²) in [5, 5.41) is 13.9. The van der Waals surface area contributed by atoms with E-state index in [1.54, 1.807) is 4.68 Å². The van der Waals surface area contributed by atoms with Gasteiger partial charge in [-0.2, -0.15) is 5.10 Å². The van der Waals surface area contributed by atoms with Crippen LogP contribution in [0.25, 0.3) is 0 Å². The number of aryl methyl sites for hydroxylation is 2. The third-order valence-electron chi connectivity index (χ3n) is 3.58. The molecule has 1 aliphatic carbocycles. The van der Waals surface area contributed by atoms with Gasteiger partial charge < -0.3 is 9.84 Å². The van der Waals surface area contributed by atoms with Gasteiger partial charge in [-0.05, 0) is 41.7 Å². The molecule has 1 unspecified atom stereocenters. The highest BCUT2D eigenvalue weighted by atomic mass is 16.5. The van der Waals surface area contributed by atoms with E-state index in [1.165, 1.54) is 11.1 Å². The van der Waals surface area contributed by atoms with E-state index in [4.69, 9.17) is 4.74 Å². The predicted molar refractivity (Wildman–Crippen MR) is 72.1 cm³/mol. The van der Waals surface area contributed by atoms with E-state index >= 15 is 0 Å². The molecule has 1 aliphatic rings. The highest BCUT2D eigenvalue weighted by Gasteiger charge is 2.20. The van der Waals surface area contributed by atoms with Crippen LogP contribution >= 0.6 is 0 Å². The number of ether oxygens (including phenoxy) is 1. The zero-order valence-corrected chi connectivity index (χ0v) is 11.0. The molecule has 4 nitrogen and oxygen atoms in total. The molecule has 0 radical (unpaired) electrons. The number of benzene rings is 1. The number of aliphatic hydroxyl groups is 1. The average Bonchev–Trinajstić information content (AvgIpc) is 2.97. The molecule has 1 atom stereocenters. The van der Waals surface area contributed by atoms with Gasteiger partial charge in [0.1, 0.15) is 5.75 Å². The Morgan fingerprint density at radius 2 is 2.37 bits per heavy atom. The maximum absolute atomic E-state index is 9.75. The van der Waals surface area contributed by atoms with Gasteiger partial charge in [0, 0.05) is 19.7 Å². The van der Waals surface area contributed by atoms with Crippen molar-refractivity contribution < 1.29 is 9.84 Å². The molecule has 0 aliphatic heterocycles. The van der Waals surface area contributed by atoms with Crippen LogP contribution in [0, 0.1) is 0 Å². The van der Waals surface area contributed by atoms with Gasteiger partial charge in [0.15, 0.2) is 0 Å². The van der Waals surface area contributed by atoms with E-state index in [0.717, 1.165) is 30.6 Å². The first-order chi connectivity index (χ1) is 9.22. The fourth-order valence-corrected chi connectivity index (χ4v) is 2.55. The fraction of sp³-hybridized carbons (Fsp3) is 0.400. The Morgan fingerprint density at radius 3 is 3.16 bits per heavy atom. The third kappa shape index (κ3) is 2.63. The van der Waals surface area contributed by atoms with Crippen LogP contribution in [-0.4, -0.2) is 21.5 Å². The Kier molecular flexibility index (Phi) is 3.25. The molecule has 1 aromatic carbocycles. The lowest BCUT2D eigenvalue weighted by Gasteiger charge is -2.08. The molecule has 1 N–H and O–H groups in total. The predicted octanol–water partition coefficient (Wildman–Crippen LogP) is 2.02. The summed E-state index contributed by atoms with van der Waals surface area (Å²) in [5.41, 5.74) is 3.45. The zero-order valence-electron chi connectivity index (χ0n) is 11.0. The van der Waals surface area contributed by atoms with E-state index in [-0.39, 0.29) is 6.10 Å². The molecular weight excluding hydrogens is 240 g/mol. The van der Waals surface area contributed by atoms with E-state index in [0.29, 0.717) is 6.61 Å². The highest BCUT2D eigenvalue weighted by Crippen LogP contribution is 2.33. The van der Waals surface area contributed by atoms with Gasteiger partial charge in [0.2, 0.25) is 0 Å². The third-order valence-corrected chi connectivity index (χ3v) is 3.58. The van der Waals surface area contributed by atoms with Crippen LogP contribution in [0.2, 0.25) is 0 Å². The van der Waals surface area contributed by atoms with E-state index in [1.807, 2.05) is 31.6 Å². The summed E-state index contributed by atoms with van der Waals surface area (Å²) in [6, 6.07) is 5.97. The lowest BCUT2D eigenvalue weighted by molar-refractivity contribution is 0.180. The molecule has 3 rings (SSSR count). The summed E-state index contributed by atoms with van der Waals surface area (Å²) in [6.45, 7) is 0.646.